The Morgan fingerprint density at radius 3 is 2.69 bits per heavy atom. The van der Waals surface area contributed by atoms with Gasteiger partial charge < -0.3 is 24.1 Å². The zero-order valence-corrected chi connectivity index (χ0v) is 6.38. The van der Waals surface area contributed by atoms with Gasteiger partial charge in [-0.2, -0.15) is 4.39 Å². The summed E-state index contributed by atoms with van der Waals surface area (Å²) in [7, 11) is 0. The normalized spacial score (nSPS) is 44.6. The molecule has 4 atom stereocenters. The van der Waals surface area contributed by atoms with Gasteiger partial charge in [-0.1, -0.05) is 0 Å². The number of ether oxygens (including phenoxy) is 4. The van der Waals surface area contributed by atoms with Gasteiger partial charge in [-0.05, 0) is 0 Å². The molecule has 2 aliphatic heterocycles. The number of aliphatic hydroxyl groups is 1. The van der Waals surface area contributed by atoms with Crippen LogP contribution >= 0.6 is 0 Å². The lowest BCUT2D eigenvalue weighted by molar-refractivity contribution is -0.212. The van der Waals surface area contributed by atoms with Crippen LogP contribution in [0.2, 0.25) is 0 Å². The molecular formula is C6H7FO6. The fourth-order valence-electron chi connectivity index (χ4n) is 1.17. The smallest absolute Gasteiger partial charge is 0.421 e. The Labute approximate surface area is 72.1 Å². The summed E-state index contributed by atoms with van der Waals surface area (Å²) in [5.74, 6) is 0. The molecule has 1 N–H and O–H groups in total. The summed E-state index contributed by atoms with van der Waals surface area (Å²) < 4.78 is 30.6. The van der Waals surface area contributed by atoms with Crippen molar-refractivity contribution < 1.29 is 33.2 Å². The molecule has 6 nitrogen and oxygen atoms in total. The predicted octanol–water partition coefficient (Wildman–Crippen LogP) is -0.491. The Hall–Kier alpha value is -0.920. The minimum absolute atomic E-state index is 0.0388. The van der Waals surface area contributed by atoms with Gasteiger partial charge >= 0.3 is 6.16 Å². The van der Waals surface area contributed by atoms with Crippen molar-refractivity contribution in [3.63, 3.8) is 0 Å². The lowest BCUT2D eigenvalue weighted by atomic mass is 10.2. The molecule has 0 aliphatic carbocycles. The molecule has 2 fully saturated rings. The minimum atomic E-state index is -1.87. The quantitative estimate of drug-likeness (QED) is 0.567. The first-order valence-electron chi connectivity index (χ1n) is 3.63. The highest BCUT2D eigenvalue weighted by Crippen LogP contribution is 2.25. The SMILES string of the molecule is O=C1OC(F)C(C2COC(O)O2)O1. The van der Waals surface area contributed by atoms with E-state index in [-0.39, 0.29) is 6.61 Å². The second-order valence-electron chi connectivity index (χ2n) is 2.62. The number of aliphatic hydroxyl groups excluding tert-OH is 1. The maximum atomic E-state index is 12.8. The second-order valence-corrected chi connectivity index (χ2v) is 2.62. The van der Waals surface area contributed by atoms with Crippen LogP contribution in [-0.4, -0.2) is 42.9 Å². The molecular weight excluding hydrogens is 187 g/mol. The molecule has 74 valence electrons. The van der Waals surface area contributed by atoms with Crippen LogP contribution in [0, 0.1) is 0 Å². The molecule has 4 unspecified atom stereocenters. The van der Waals surface area contributed by atoms with Gasteiger partial charge in [0.15, 0.2) is 0 Å². The summed E-state index contributed by atoms with van der Waals surface area (Å²) in [4.78, 5) is 10.5. The molecule has 2 rings (SSSR count). The van der Waals surface area contributed by atoms with E-state index >= 15 is 0 Å². The Bertz CT molecular complexity index is 221. The Balaban J connectivity index is 1.97. The van der Waals surface area contributed by atoms with Gasteiger partial charge in [-0.25, -0.2) is 4.79 Å². The lowest BCUT2D eigenvalue weighted by Crippen LogP contribution is -2.34. The number of cyclic esters (lactones) is 2. The standard InChI is InChI=1S/C6H7FO6/c7-4-3(12-6(9)13-4)2-1-10-5(8)11-2/h2-5,8H,1H2. The van der Waals surface area contributed by atoms with Crippen molar-refractivity contribution >= 4 is 6.16 Å². The maximum absolute atomic E-state index is 12.8. The molecule has 0 amide bonds. The first-order chi connectivity index (χ1) is 6.16. The van der Waals surface area contributed by atoms with Crippen molar-refractivity contribution in [2.75, 3.05) is 6.61 Å². The molecule has 2 heterocycles. The zero-order chi connectivity index (χ0) is 9.42. The van der Waals surface area contributed by atoms with Crippen molar-refractivity contribution in [2.45, 2.75) is 25.0 Å². The van der Waals surface area contributed by atoms with Crippen LogP contribution < -0.4 is 0 Å². The third-order valence-electron chi connectivity index (χ3n) is 1.76. The summed E-state index contributed by atoms with van der Waals surface area (Å²) in [6.45, 7) is -1.43. The van der Waals surface area contributed by atoms with Gasteiger partial charge in [0.1, 0.15) is 6.10 Å². The van der Waals surface area contributed by atoms with E-state index in [1.807, 2.05) is 0 Å². The maximum Gasteiger partial charge on any atom is 0.511 e. The first kappa shape index (κ1) is 8.67. The monoisotopic (exact) mass is 194 g/mol. The molecule has 2 saturated heterocycles. The van der Waals surface area contributed by atoms with Crippen LogP contribution in [0.1, 0.15) is 0 Å². The summed E-state index contributed by atoms with van der Waals surface area (Å²) in [6, 6.07) is 0. The van der Waals surface area contributed by atoms with Crippen molar-refractivity contribution in [3.05, 3.63) is 0 Å². The Kier molecular flexibility index (Phi) is 2.06. The molecule has 0 aromatic carbocycles. The van der Waals surface area contributed by atoms with E-state index in [0.29, 0.717) is 0 Å². The number of rotatable bonds is 1. The summed E-state index contributed by atoms with van der Waals surface area (Å²) >= 11 is 0. The number of carbonyl (C=O) groups is 1. The zero-order valence-electron chi connectivity index (χ0n) is 6.38. The molecule has 2 aliphatic rings. The topological polar surface area (TPSA) is 74.2 Å². The van der Waals surface area contributed by atoms with Crippen LogP contribution in [0.15, 0.2) is 0 Å². The summed E-state index contributed by atoms with van der Waals surface area (Å²) in [5.41, 5.74) is 0. The van der Waals surface area contributed by atoms with E-state index in [9.17, 15) is 9.18 Å². The number of carbonyl (C=O) groups excluding carboxylic acids is 1. The fraction of sp³-hybridized carbons (Fsp3) is 0.833. The predicted molar refractivity (Wildman–Crippen MR) is 33.1 cm³/mol. The number of halogens is 1. The average Bonchev–Trinajstić information content (AvgIpc) is 2.58. The third kappa shape index (κ3) is 1.58. The van der Waals surface area contributed by atoms with Crippen LogP contribution in [0.3, 0.4) is 0 Å². The molecule has 0 saturated carbocycles. The fourth-order valence-corrected chi connectivity index (χ4v) is 1.17. The minimum Gasteiger partial charge on any atom is -0.421 e. The highest BCUT2D eigenvalue weighted by atomic mass is 19.1. The lowest BCUT2D eigenvalue weighted by Gasteiger charge is -2.13. The molecule has 0 spiro atoms. The van der Waals surface area contributed by atoms with Gasteiger partial charge in [-0.3, -0.25) is 0 Å². The number of hydrogen-bond acceptors (Lipinski definition) is 6. The van der Waals surface area contributed by atoms with Crippen molar-refractivity contribution in [2.24, 2.45) is 0 Å². The van der Waals surface area contributed by atoms with E-state index in [1.165, 1.54) is 0 Å². The van der Waals surface area contributed by atoms with Crippen molar-refractivity contribution in [1.82, 2.24) is 0 Å². The largest absolute Gasteiger partial charge is 0.511 e. The van der Waals surface area contributed by atoms with Gasteiger partial charge in [0, 0.05) is 0 Å². The van der Waals surface area contributed by atoms with Crippen LogP contribution in [0.4, 0.5) is 9.18 Å². The van der Waals surface area contributed by atoms with Crippen LogP contribution in [0.25, 0.3) is 0 Å². The van der Waals surface area contributed by atoms with Crippen molar-refractivity contribution in [3.8, 4) is 0 Å². The summed E-state index contributed by atoms with van der Waals surface area (Å²) in [6.07, 6.45) is -4.94. The van der Waals surface area contributed by atoms with Gasteiger partial charge in [-0.15, -0.1) is 0 Å². The van der Waals surface area contributed by atoms with Crippen LogP contribution in [-0.2, 0) is 18.9 Å². The number of hydrogen-bond donors (Lipinski definition) is 1. The second kappa shape index (κ2) is 3.09. The Morgan fingerprint density at radius 1 is 1.46 bits per heavy atom. The molecule has 7 heteroatoms. The van der Waals surface area contributed by atoms with Crippen molar-refractivity contribution in [1.29, 1.82) is 0 Å². The highest BCUT2D eigenvalue weighted by Gasteiger charge is 2.46. The van der Waals surface area contributed by atoms with E-state index in [0.717, 1.165) is 0 Å². The Morgan fingerprint density at radius 2 is 2.23 bits per heavy atom. The summed E-state index contributed by atoms with van der Waals surface area (Å²) in [5, 5.41) is 8.76. The van der Waals surface area contributed by atoms with E-state index < -0.39 is 31.2 Å². The van der Waals surface area contributed by atoms with Gasteiger partial charge in [0.05, 0.1) is 6.61 Å². The van der Waals surface area contributed by atoms with E-state index in [2.05, 4.69) is 14.2 Å². The molecule has 0 aromatic rings. The molecule has 13 heavy (non-hydrogen) atoms. The molecule has 0 bridgehead atoms. The van der Waals surface area contributed by atoms with Gasteiger partial charge in [0.2, 0.25) is 6.10 Å². The molecule has 0 radical (unpaired) electrons. The average molecular weight is 194 g/mol. The number of alkyl halides is 1. The van der Waals surface area contributed by atoms with E-state index in [1.54, 1.807) is 0 Å². The first-order valence-corrected chi connectivity index (χ1v) is 3.63. The third-order valence-corrected chi connectivity index (χ3v) is 1.76. The molecule has 0 aromatic heterocycles. The highest BCUT2D eigenvalue weighted by molar-refractivity contribution is 5.62. The van der Waals surface area contributed by atoms with Gasteiger partial charge in [0.25, 0.3) is 12.8 Å². The van der Waals surface area contributed by atoms with E-state index in [4.69, 9.17) is 9.84 Å². The van der Waals surface area contributed by atoms with Crippen LogP contribution in [0.5, 0.6) is 0 Å².